The number of amides is 2. The summed E-state index contributed by atoms with van der Waals surface area (Å²) in [5.41, 5.74) is 1.69. The van der Waals surface area contributed by atoms with Crippen molar-refractivity contribution in [1.82, 2.24) is 29.5 Å². The smallest absolute Gasteiger partial charge is 0.355 e. The van der Waals surface area contributed by atoms with Gasteiger partial charge in [0.25, 0.3) is 17.4 Å². The fourth-order valence-corrected chi connectivity index (χ4v) is 5.69. The summed E-state index contributed by atoms with van der Waals surface area (Å²) in [5.74, 6) is -0.587. The Kier molecular flexibility index (Phi) is 8.27. The molecule has 2 amide bonds. The van der Waals surface area contributed by atoms with E-state index in [0.29, 0.717) is 22.5 Å². The molecule has 0 unspecified atom stereocenters. The number of nitrogens with zero attached hydrogens (tertiary/aromatic N) is 5. The zero-order chi connectivity index (χ0) is 32.1. The van der Waals surface area contributed by atoms with E-state index >= 15 is 0 Å². The Morgan fingerprint density at radius 1 is 1.07 bits per heavy atom. The van der Waals surface area contributed by atoms with Gasteiger partial charge in [0.05, 0.1) is 29.2 Å². The highest BCUT2D eigenvalue weighted by molar-refractivity contribution is 9.10. The van der Waals surface area contributed by atoms with Crippen LogP contribution in [0.4, 0.5) is 13.2 Å². The maximum absolute atomic E-state index is 14.2. The first-order chi connectivity index (χ1) is 20.7. The molecule has 13 heteroatoms. The van der Waals surface area contributed by atoms with E-state index in [-0.39, 0.29) is 46.3 Å². The topological polar surface area (TPSA) is 102 Å². The van der Waals surface area contributed by atoms with Gasteiger partial charge in [-0.2, -0.15) is 18.3 Å². The molecule has 0 aliphatic carbocycles. The summed E-state index contributed by atoms with van der Waals surface area (Å²) < 4.78 is 43.5. The van der Waals surface area contributed by atoms with E-state index in [9.17, 15) is 27.6 Å². The number of aryl methyl sites for hydroxylation is 1. The van der Waals surface area contributed by atoms with Crippen LogP contribution in [-0.2, 0) is 19.1 Å². The molecular formula is C31H30BrF3N6O3. The molecule has 1 aliphatic heterocycles. The Morgan fingerprint density at radius 3 is 2.32 bits per heavy atom. The van der Waals surface area contributed by atoms with Gasteiger partial charge in [-0.1, -0.05) is 29.8 Å². The van der Waals surface area contributed by atoms with Gasteiger partial charge in [-0.15, -0.1) is 0 Å². The van der Waals surface area contributed by atoms with Gasteiger partial charge in [-0.05, 0) is 74.7 Å². The van der Waals surface area contributed by atoms with Crippen LogP contribution in [0, 0.1) is 6.92 Å². The van der Waals surface area contributed by atoms with Crippen molar-refractivity contribution in [2.24, 2.45) is 0 Å². The molecule has 3 heterocycles. The Labute approximate surface area is 259 Å². The van der Waals surface area contributed by atoms with Crippen molar-refractivity contribution in [2.45, 2.75) is 58.8 Å². The van der Waals surface area contributed by atoms with Crippen LogP contribution >= 0.6 is 15.9 Å². The van der Waals surface area contributed by atoms with E-state index in [1.54, 1.807) is 35.9 Å². The number of hydrogen-bond donors (Lipinski definition) is 1. The van der Waals surface area contributed by atoms with Crippen molar-refractivity contribution >= 4 is 27.7 Å². The van der Waals surface area contributed by atoms with Crippen LogP contribution in [0.1, 0.15) is 75.6 Å². The van der Waals surface area contributed by atoms with Gasteiger partial charge in [0.15, 0.2) is 0 Å². The van der Waals surface area contributed by atoms with Gasteiger partial charge in [0, 0.05) is 39.9 Å². The lowest BCUT2D eigenvalue weighted by Crippen LogP contribution is -2.46. The van der Waals surface area contributed by atoms with Crippen LogP contribution in [-0.4, -0.2) is 49.1 Å². The molecule has 0 saturated carbocycles. The number of benzene rings is 2. The van der Waals surface area contributed by atoms with E-state index in [1.807, 2.05) is 26.8 Å². The van der Waals surface area contributed by atoms with Crippen molar-refractivity contribution in [1.29, 1.82) is 0 Å². The Balaban J connectivity index is 1.64. The van der Waals surface area contributed by atoms with Crippen molar-refractivity contribution in [3.8, 4) is 11.6 Å². The molecule has 44 heavy (non-hydrogen) atoms. The first kappa shape index (κ1) is 31.2. The van der Waals surface area contributed by atoms with Crippen molar-refractivity contribution in [3.63, 3.8) is 0 Å². The average molecular weight is 672 g/mol. The number of nitrogens with one attached hydrogen (secondary N) is 1. The van der Waals surface area contributed by atoms with E-state index in [4.69, 9.17) is 10.1 Å². The third-order valence-electron chi connectivity index (χ3n) is 7.68. The van der Waals surface area contributed by atoms with Gasteiger partial charge in [0.1, 0.15) is 0 Å². The SMILES string of the molecule is CNC(=O)c1ccc(-n2c(-n3nc(C(C)C)cc3C)nc3c(c2=O)C[C@@H](C)N(C(=O)c2ccc(Br)c(C(F)(F)F)c2)C3)cc1. The normalized spacial score (nSPS) is 15.0. The number of fused-ring (bicyclic) bond motifs is 1. The first-order valence-corrected chi connectivity index (χ1v) is 14.7. The van der Waals surface area contributed by atoms with Crippen LogP contribution in [0.15, 0.2) is 57.8 Å². The summed E-state index contributed by atoms with van der Waals surface area (Å²) in [5, 5.41) is 7.28. The summed E-state index contributed by atoms with van der Waals surface area (Å²) in [6.07, 6.45) is -4.51. The summed E-state index contributed by atoms with van der Waals surface area (Å²) in [6, 6.07) is 11.3. The lowest BCUT2D eigenvalue weighted by molar-refractivity contribution is -0.138. The second kappa shape index (κ2) is 11.7. The summed E-state index contributed by atoms with van der Waals surface area (Å²) in [4.78, 5) is 46.2. The highest BCUT2D eigenvalue weighted by Crippen LogP contribution is 2.36. The Morgan fingerprint density at radius 2 is 1.73 bits per heavy atom. The molecule has 0 fully saturated rings. The fourth-order valence-electron chi connectivity index (χ4n) is 5.22. The number of rotatable bonds is 5. The minimum atomic E-state index is -4.65. The molecule has 2 aromatic heterocycles. The number of halogens is 4. The third kappa shape index (κ3) is 5.68. The molecule has 0 saturated heterocycles. The average Bonchev–Trinajstić information content (AvgIpc) is 3.38. The van der Waals surface area contributed by atoms with Crippen LogP contribution in [0.5, 0.6) is 0 Å². The molecule has 230 valence electrons. The first-order valence-electron chi connectivity index (χ1n) is 13.9. The molecule has 9 nitrogen and oxygen atoms in total. The number of alkyl halides is 3. The maximum atomic E-state index is 14.2. The highest BCUT2D eigenvalue weighted by Gasteiger charge is 2.36. The minimum absolute atomic E-state index is 0.0806. The minimum Gasteiger partial charge on any atom is -0.355 e. The maximum Gasteiger partial charge on any atom is 0.417 e. The fraction of sp³-hybridized carbons (Fsp3) is 0.323. The molecular weight excluding hydrogens is 641 g/mol. The van der Waals surface area contributed by atoms with Gasteiger partial charge in [-0.3, -0.25) is 14.4 Å². The molecule has 4 aromatic rings. The van der Waals surface area contributed by atoms with Gasteiger partial charge in [0.2, 0.25) is 5.95 Å². The molecule has 0 bridgehead atoms. The standard InChI is InChI=1S/C31H30BrF3N6O3/c1-16(2)25-13-18(4)41(38-25)30-37-26-15-39(28(43)20-8-11-24(32)23(14-20)31(33,34)35)17(3)12-22(26)29(44)40(30)21-9-6-19(7-10-21)27(42)36-5/h6-11,13-14,16-17H,12,15H2,1-5H3,(H,36,42)/t17-/m1/s1. The van der Waals surface area contributed by atoms with E-state index in [2.05, 4.69) is 21.2 Å². The van der Waals surface area contributed by atoms with E-state index in [0.717, 1.165) is 17.5 Å². The monoisotopic (exact) mass is 670 g/mol. The van der Waals surface area contributed by atoms with Crippen molar-refractivity contribution in [2.75, 3.05) is 7.05 Å². The summed E-state index contributed by atoms with van der Waals surface area (Å²) in [7, 11) is 1.53. The van der Waals surface area contributed by atoms with Crippen molar-refractivity contribution in [3.05, 3.63) is 103 Å². The second-order valence-corrected chi connectivity index (χ2v) is 11.9. The zero-order valence-electron chi connectivity index (χ0n) is 24.7. The zero-order valence-corrected chi connectivity index (χ0v) is 26.2. The molecule has 2 aromatic carbocycles. The molecule has 1 atom stereocenters. The van der Waals surface area contributed by atoms with Crippen LogP contribution in [0.3, 0.4) is 0 Å². The molecule has 0 radical (unpaired) electrons. The van der Waals surface area contributed by atoms with Crippen molar-refractivity contribution < 1.29 is 22.8 Å². The molecule has 1 aliphatic rings. The second-order valence-electron chi connectivity index (χ2n) is 11.1. The summed E-state index contributed by atoms with van der Waals surface area (Å²) >= 11 is 2.92. The van der Waals surface area contributed by atoms with E-state index in [1.165, 1.54) is 28.6 Å². The number of carbonyl (C=O) groups is 2. The van der Waals surface area contributed by atoms with Gasteiger partial charge >= 0.3 is 6.18 Å². The number of carbonyl (C=O) groups excluding carboxylic acids is 2. The quantitative estimate of drug-likeness (QED) is 0.299. The Hall–Kier alpha value is -4.26. The predicted molar refractivity (Wildman–Crippen MR) is 161 cm³/mol. The largest absolute Gasteiger partial charge is 0.417 e. The van der Waals surface area contributed by atoms with Crippen LogP contribution < -0.4 is 10.9 Å². The molecule has 0 spiro atoms. The number of hydrogen-bond acceptors (Lipinski definition) is 5. The van der Waals surface area contributed by atoms with Crippen LogP contribution in [0.2, 0.25) is 0 Å². The lowest BCUT2D eigenvalue weighted by Gasteiger charge is -2.34. The van der Waals surface area contributed by atoms with Crippen LogP contribution in [0.25, 0.3) is 11.6 Å². The van der Waals surface area contributed by atoms with E-state index < -0.39 is 23.7 Å². The van der Waals surface area contributed by atoms with Gasteiger partial charge in [-0.25, -0.2) is 14.2 Å². The third-order valence-corrected chi connectivity index (χ3v) is 8.37. The number of aromatic nitrogens is 4. The lowest BCUT2D eigenvalue weighted by atomic mass is 9.98. The van der Waals surface area contributed by atoms with Gasteiger partial charge < -0.3 is 10.2 Å². The summed E-state index contributed by atoms with van der Waals surface area (Å²) in [6.45, 7) is 7.49. The Bertz CT molecular complexity index is 1830. The predicted octanol–water partition coefficient (Wildman–Crippen LogP) is 5.58. The molecule has 5 rings (SSSR count). The highest BCUT2D eigenvalue weighted by atomic mass is 79.9. The molecule has 1 N–H and O–H groups in total.